The van der Waals surface area contributed by atoms with Crippen LogP contribution in [0.4, 0.5) is 0 Å². The van der Waals surface area contributed by atoms with Crippen molar-refractivity contribution >= 4 is 11.8 Å². The van der Waals surface area contributed by atoms with Crippen LogP contribution in [0.3, 0.4) is 0 Å². The first-order valence-corrected chi connectivity index (χ1v) is 6.00. The maximum Gasteiger partial charge on any atom is 0.231 e. The lowest BCUT2D eigenvalue weighted by atomic mass is 10.3. The zero-order valence-corrected chi connectivity index (χ0v) is 9.74. The Kier molecular flexibility index (Phi) is 2.57. The van der Waals surface area contributed by atoms with Crippen molar-refractivity contribution in [2.75, 3.05) is 6.79 Å². The van der Waals surface area contributed by atoms with Gasteiger partial charge in [-0.05, 0) is 12.1 Å². The zero-order valence-electron chi connectivity index (χ0n) is 8.92. The predicted octanol–water partition coefficient (Wildman–Crippen LogP) is 3.27. The van der Waals surface area contributed by atoms with Crippen LogP contribution in [0, 0.1) is 0 Å². The summed E-state index contributed by atoms with van der Waals surface area (Å²) in [7, 11) is 0. The van der Waals surface area contributed by atoms with Crippen molar-refractivity contribution in [3.05, 3.63) is 42.5 Å². The van der Waals surface area contributed by atoms with Crippen molar-refractivity contribution in [3.8, 4) is 17.2 Å². The first kappa shape index (κ1) is 10.4. The second-order valence-electron chi connectivity index (χ2n) is 3.59. The molecule has 1 aliphatic rings. The Hall–Kier alpha value is -1.81. The second-order valence-corrected chi connectivity index (χ2v) is 4.70. The Morgan fingerprint density at radius 3 is 2.47 bits per heavy atom. The lowest BCUT2D eigenvalue weighted by molar-refractivity contribution is 0.174. The number of fused-ring (bicyclic) bond motifs is 1. The number of phenolic OH excluding ortho intramolecular Hbond substituents is 1. The summed E-state index contributed by atoms with van der Waals surface area (Å²) in [5, 5.41) is 9.88. The molecule has 1 aliphatic heterocycles. The minimum absolute atomic E-state index is 0.211. The maximum absolute atomic E-state index is 9.88. The summed E-state index contributed by atoms with van der Waals surface area (Å²) in [6.45, 7) is 0.216. The molecule has 17 heavy (non-hydrogen) atoms. The van der Waals surface area contributed by atoms with E-state index in [0.29, 0.717) is 11.5 Å². The number of hydrogen-bond donors (Lipinski definition) is 1. The van der Waals surface area contributed by atoms with Gasteiger partial charge in [0.05, 0.1) is 4.90 Å². The Bertz CT molecular complexity index is 540. The van der Waals surface area contributed by atoms with Gasteiger partial charge in [0.15, 0.2) is 11.5 Å². The van der Waals surface area contributed by atoms with Gasteiger partial charge in [-0.25, -0.2) is 0 Å². The molecule has 0 radical (unpaired) electrons. The summed E-state index contributed by atoms with van der Waals surface area (Å²) in [5.74, 6) is 1.49. The van der Waals surface area contributed by atoms with Gasteiger partial charge < -0.3 is 14.6 Å². The molecule has 0 amide bonds. The lowest BCUT2D eigenvalue weighted by Gasteiger charge is -2.05. The van der Waals surface area contributed by atoms with Gasteiger partial charge in [0.1, 0.15) is 5.75 Å². The standard InChI is InChI=1S/C13H10O3S/c14-10-6-11-12(16-8-15-11)7-13(10)17-9-4-2-1-3-5-9/h1-7,14H,8H2. The Morgan fingerprint density at radius 2 is 1.71 bits per heavy atom. The van der Waals surface area contributed by atoms with Gasteiger partial charge in [-0.2, -0.15) is 0 Å². The molecule has 0 fully saturated rings. The minimum Gasteiger partial charge on any atom is -0.507 e. The van der Waals surface area contributed by atoms with E-state index >= 15 is 0 Å². The molecule has 0 saturated heterocycles. The van der Waals surface area contributed by atoms with Gasteiger partial charge in [-0.3, -0.25) is 0 Å². The molecule has 3 rings (SSSR count). The predicted molar refractivity (Wildman–Crippen MR) is 64.8 cm³/mol. The van der Waals surface area contributed by atoms with E-state index in [1.807, 2.05) is 30.3 Å². The minimum atomic E-state index is 0.211. The Morgan fingerprint density at radius 1 is 1.00 bits per heavy atom. The maximum atomic E-state index is 9.88. The van der Waals surface area contributed by atoms with Crippen LogP contribution in [0.15, 0.2) is 52.3 Å². The van der Waals surface area contributed by atoms with Gasteiger partial charge in [0.25, 0.3) is 0 Å². The van der Waals surface area contributed by atoms with E-state index in [4.69, 9.17) is 9.47 Å². The highest BCUT2D eigenvalue weighted by Gasteiger charge is 2.17. The van der Waals surface area contributed by atoms with Crippen LogP contribution in [0.2, 0.25) is 0 Å². The molecule has 1 N–H and O–H groups in total. The van der Waals surface area contributed by atoms with Crippen molar-refractivity contribution in [2.24, 2.45) is 0 Å². The number of rotatable bonds is 2. The molecule has 3 nitrogen and oxygen atoms in total. The molecule has 0 bridgehead atoms. The van der Waals surface area contributed by atoms with Crippen molar-refractivity contribution in [1.29, 1.82) is 0 Å². The monoisotopic (exact) mass is 246 g/mol. The normalized spacial score (nSPS) is 12.7. The van der Waals surface area contributed by atoms with E-state index in [1.54, 1.807) is 12.1 Å². The molecule has 0 spiro atoms. The van der Waals surface area contributed by atoms with Gasteiger partial charge in [0, 0.05) is 17.0 Å². The number of phenols is 1. The van der Waals surface area contributed by atoms with Crippen LogP contribution < -0.4 is 9.47 Å². The number of ether oxygens (including phenoxy) is 2. The van der Waals surface area contributed by atoms with Crippen molar-refractivity contribution in [1.82, 2.24) is 0 Å². The molecule has 1 heterocycles. The van der Waals surface area contributed by atoms with Crippen LogP contribution >= 0.6 is 11.8 Å². The summed E-state index contributed by atoms with van der Waals surface area (Å²) in [6, 6.07) is 13.3. The molecular weight excluding hydrogens is 236 g/mol. The summed E-state index contributed by atoms with van der Waals surface area (Å²) in [6.07, 6.45) is 0. The highest BCUT2D eigenvalue weighted by Crippen LogP contribution is 2.43. The smallest absolute Gasteiger partial charge is 0.231 e. The molecule has 86 valence electrons. The largest absolute Gasteiger partial charge is 0.507 e. The third-order valence-corrected chi connectivity index (χ3v) is 3.48. The van der Waals surface area contributed by atoms with Crippen LogP contribution in [-0.2, 0) is 0 Å². The Labute approximate surface area is 103 Å². The van der Waals surface area contributed by atoms with Crippen LogP contribution in [0.5, 0.6) is 17.2 Å². The quantitative estimate of drug-likeness (QED) is 0.882. The zero-order chi connectivity index (χ0) is 11.7. The topological polar surface area (TPSA) is 38.7 Å². The molecule has 0 saturated carbocycles. The van der Waals surface area contributed by atoms with E-state index in [0.717, 1.165) is 9.79 Å². The molecule has 0 aliphatic carbocycles. The fourth-order valence-electron chi connectivity index (χ4n) is 1.61. The van der Waals surface area contributed by atoms with Crippen molar-refractivity contribution in [3.63, 3.8) is 0 Å². The molecule has 2 aromatic carbocycles. The molecule has 0 aromatic heterocycles. The molecule has 0 atom stereocenters. The van der Waals surface area contributed by atoms with Crippen LogP contribution in [-0.4, -0.2) is 11.9 Å². The fraction of sp³-hybridized carbons (Fsp3) is 0.0769. The first-order chi connectivity index (χ1) is 8.33. The van der Waals surface area contributed by atoms with Gasteiger partial charge >= 0.3 is 0 Å². The average molecular weight is 246 g/mol. The molecule has 4 heteroatoms. The van der Waals surface area contributed by atoms with E-state index < -0.39 is 0 Å². The van der Waals surface area contributed by atoms with Gasteiger partial charge in [-0.1, -0.05) is 30.0 Å². The van der Waals surface area contributed by atoms with E-state index in [-0.39, 0.29) is 12.5 Å². The molecule has 2 aromatic rings. The lowest BCUT2D eigenvalue weighted by Crippen LogP contribution is -1.92. The third kappa shape index (κ3) is 2.03. The second kappa shape index (κ2) is 4.22. The summed E-state index contributed by atoms with van der Waals surface area (Å²) in [5.41, 5.74) is 0. The number of benzene rings is 2. The van der Waals surface area contributed by atoms with Crippen molar-refractivity contribution < 1.29 is 14.6 Å². The molecule has 0 unspecified atom stereocenters. The first-order valence-electron chi connectivity index (χ1n) is 5.18. The average Bonchev–Trinajstić information content (AvgIpc) is 2.78. The van der Waals surface area contributed by atoms with E-state index in [1.165, 1.54) is 11.8 Å². The van der Waals surface area contributed by atoms with Crippen LogP contribution in [0.1, 0.15) is 0 Å². The summed E-state index contributed by atoms with van der Waals surface area (Å²) in [4.78, 5) is 1.84. The number of hydrogen-bond acceptors (Lipinski definition) is 4. The van der Waals surface area contributed by atoms with E-state index in [9.17, 15) is 5.11 Å². The SMILES string of the molecule is Oc1cc2c(cc1Sc1ccccc1)OCO2. The highest BCUT2D eigenvalue weighted by atomic mass is 32.2. The fourth-order valence-corrected chi connectivity index (χ4v) is 2.49. The highest BCUT2D eigenvalue weighted by molar-refractivity contribution is 7.99. The summed E-state index contributed by atoms with van der Waals surface area (Å²) < 4.78 is 10.5. The van der Waals surface area contributed by atoms with Gasteiger partial charge in [-0.15, -0.1) is 0 Å². The summed E-state index contributed by atoms with van der Waals surface area (Å²) >= 11 is 1.49. The third-order valence-electron chi connectivity index (χ3n) is 2.43. The Balaban J connectivity index is 1.93. The van der Waals surface area contributed by atoms with E-state index in [2.05, 4.69) is 0 Å². The molecular formula is C13H10O3S. The van der Waals surface area contributed by atoms with Crippen molar-refractivity contribution in [2.45, 2.75) is 9.79 Å². The van der Waals surface area contributed by atoms with Gasteiger partial charge in [0.2, 0.25) is 6.79 Å². The van der Waals surface area contributed by atoms with Crippen LogP contribution in [0.25, 0.3) is 0 Å². The number of aromatic hydroxyl groups is 1.